The summed E-state index contributed by atoms with van der Waals surface area (Å²) in [4.78, 5) is 14.9. The SMILES string of the molecule is O=C(O)c1cnc(NCCC2CCCCO2)s1. The molecule has 17 heavy (non-hydrogen) atoms. The van der Waals surface area contributed by atoms with Crippen LogP contribution in [0, 0.1) is 0 Å². The van der Waals surface area contributed by atoms with E-state index in [-0.39, 0.29) is 4.88 Å². The van der Waals surface area contributed by atoms with Gasteiger partial charge in [0.15, 0.2) is 5.13 Å². The van der Waals surface area contributed by atoms with Crippen molar-refractivity contribution in [1.82, 2.24) is 4.98 Å². The van der Waals surface area contributed by atoms with Crippen molar-refractivity contribution in [2.75, 3.05) is 18.5 Å². The van der Waals surface area contributed by atoms with Crippen LogP contribution in [0.25, 0.3) is 0 Å². The molecule has 1 fully saturated rings. The average Bonchev–Trinajstić information content (AvgIpc) is 2.79. The monoisotopic (exact) mass is 256 g/mol. The summed E-state index contributed by atoms with van der Waals surface area (Å²) < 4.78 is 5.61. The van der Waals surface area contributed by atoms with E-state index in [1.807, 2.05) is 0 Å². The molecular weight excluding hydrogens is 240 g/mol. The normalized spacial score (nSPS) is 20.1. The predicted octanol–water partition coefficient (Wildman–Crippen LogP) is 2.21. The van der Waals surface area contributed by atoms with Gasteiger partial charge in [-0.2, -0.15) is 0 Å². The summed E-state index contributed by atoms with van der Waals surface area (Å²) in [5.41, 5.74) is 0. The summed E-state index contributed by atoms with van der Waals surface area (Å²) in [6.45, 7) is 1.64. The molecule has 1 unspecified atom stereocenters. The largest absolute Gasteiger partial charge is 0.477 e. The van der Waals surface area contributed by atoms with Crippen molar-refractivity contribution < 1.29 is 14.6 Å². The number of hydrogen-bond acceptors (Lipinski definition) is 5. The zero-order valence-corrected chi connectivity index (χ0v) is 10.3. The Morgan fingerprint density at radius 2 is 2.53 bits per heavy atom. The Hall–Kier alpha value is -1.14. The Balaban J connectivity index is 1.71. The van der Waals surface area contributed by atoms with Gasteiger partial charge in [0.05, 0.1) is 12.3 Å². The van der Waals surface area contributed by atoms with Crippen molar-refractivity contribution in [1.29, 1.82) is 0 Å². The van der Waals surface area contributed by atoms with Crippen molar-refractivity contribution in [2.45, 2.75) is 31.8 Å². The van der Waals surface area contributed by atoms with E-state index < -0.39 is 5.97 Å². The molecular formula is C11H16N2O3S. The number of aromatic nitrogens is 1. The Morgan fingerprint density at radius 1 is 1.65 bits per heavy atom. The minimum absolute atomic E-state index is 0.265. The van der Waals surface area contributed by atoms with E-state index in [0.717, 1.165) is 26.0 Å². The standard InChI is InChI=1S/C11H16N2O3S/c14-10(15)9-7-13-11(17-9)12-5-4-8-3-1-2-6-16-8/h7-8H,1-6H2,(H,12,13)(H,14,15). The molecule has 0 spiro atoms. The lowest BCUT2D eigenvalue weighted by atomic mass is 10.1. The van der Waals surface area contributed by atoms with Crippen LogP contribution in [0.2, 0.25) is 0 Å². The summed E-state index contributed by atoms with van der Waals surface area (Å²) in [6.07, 6.45) is 6.20. The number of anilines is 1. The van der Waals surface area contributed by atoms with Crippen LogP contribution in [-0.2, 0) is 4.74 Å². The van der Waals surface area contributed by atoms with Gasteiger partial charge in [0.25, 0.3) is 0 Å². The molecule has 6 heteroatoms. The van der Waals surface area contributed by atoms with Crippen molar-refractivity contribution in [3.63, 3.8) is 0 Å². The molecule has 1 aromatic rings. The lowest BCUT2D eigenvalue weighted by Crippen LogP contribution is -2.21. The van der Waals surface area contributed by atoms with Crippen molar-refractivity contribution in [2.24, 2.45) is 0 Å². The number of nitrogens with one attached hydrogen (secondary N) is 1. The Morgan fingerprint density at radius 3 is 3.18 bits per heavy atom. The fraction of sp³-hybridized carbons (Fsp3) is 0.636. The van der Waals surface area contributed by atoms with Gasteiger partial charge in [-0.25, -0.2) is 9.78 Å². The lowest BCUT2D eigenvalue weighted by molar-refractivity contribution is 0.0134. The van der Waals surface area contributed by atoms with Crippen molar-refractivity contribution >= 4 is 22.4 Å². The molecule has 2 heterocycles. The number of thiazole rings is 1. The molecule has 0 bridgehead atoms. The molecule has 1 atom stereocenters. The van der Waals surface area contributed by atoms with Gasteiger partial charge in [0.1, 0.15) is 4.88 Å². The highest BCUT2D eigenvalue weighted by molar-refractivity contribution is 7.17. The van der Waals surface area contributed by atoms with Crippen LogP contribution in [-0.4, -0.2) is 35.3 Å². The molecule has 0 amide bonds. The number of carboxylic acids is 1. The number of rotatable bonds is 5. The molecule has 0 saturated carbocycles. The van der Waals surface area contributed by atoms with Crippen LogP contribution in [0.5, 0.6) is 0 Å². The number of carboxylic acid groups (broad SMARTS) is 1. The lowest BCUT2D eigenvalue weighted by Gasteiger charge is -2.22. The number of hydrogen-bond donors (Lipinski definition) is 2. The maximum absolute atomic E-state index is 10.7. The van der Waals surface area contributed by atoms with Gasteiger partial charge in [-0.1, -0.05) is 11.3 Å². The van der Waals surface area contributed by atoms with Crippen molar-refractivity contribution in [3.05, 3.63) is 11.1 Å². The van der Waals surface area contributed by atoms with E-state index in [0.29, 0.717) is 11.2 Å². The minimum atomic E-state index is -0.925. The number of nitrogens with zero attached hydrogens (tertiary/aromatic N) is 1. The zero-order valence-electron chi connectivity index (χ0n) is 9.52. The van der Waals surface area contributed by atoms with Crippen molar-refractivity contribution in [3.8, 4) is 0 Å². The fourth-order valence-electron chi connectivity index (χ4n) is 1.83. The molecule has 0 aliphatic carbocycles. The first kappa shape index (κ1) is 12.3. The Labute approximate surface area is 104 Å². The van der Waals surface area contributed by atoms with Gasteiger partial charge in [-0.05, 0) is 25.7 Å². The Bertz CT molecular complexity index is 375. The highest BCUT2D eigenvalue weighted by Gasteiger charge is 2.13. The highest BCUT2D eigenvalue weighted by Crippen LogP contribution is 2.19. The molecule has 1 aliphatic heterocycles. The molecule has 5 nitrogen and oxygen atoms in total. The van der Waals surface area contributed by atoms with Gasteiger partial charge < -0.3 is 15.2 Å². The third-order valence-corrected chi connectivity index (χ3v) is 3.68. The first-order valence-corrected chi connectivity index (χ1v) is 6.62. The number of carbonyl (C=O) groups is 1. The number of ether oxygens (including phenoxy) is 1. The summed E-state index contributed by atoms with van der Waals surface area (Å²) in [5, 5.41) is 12.5. The van der Waals surface area contributed by atoms with E-state index in [1.165, 1.54) is 30.4 Å². The summed E-state index contributed by atoms with van der Waals surface area (Å²) in [5.74, 6) is -0.925. The summed E-state index contributed by atoms with van der Waals surface area (Å²) in [6, 6.07) is 0. The zero-order chi connectivity index (χ0) is 12.1. The Kier molecular flexibility index (Phi) is 4.33. The third kappa shape index (κ3) is 3.67. The molecule has 1 aromatic heterocycles. The fourth-order valence-corrected chi connectivity index (χ4v) is 2.51. The smallest absolute Gasteiger partial charge is 0.347 e. The minimum Gasteiger partial charge on any atom is -0.477 e. The van der Waals surface area contributed by atoms with Crippen LogP contribution in [0.15, 0.2) is 6.20 Å². The van der Waals surface area contributed by atoms with Crippen LogP contribution >= 0.6 is 11.3 Å². The molecule has 0 radical (unpaired) electrons. The van der Waals surface area contributed by atoms with Gasteiger partial charge in [0.2, 0.25) is 0 Å². The quantitative estimate of drug-likeness (QED) is 0.845. The molecule has 2 rings (SSSR count). The van der Waals surface area contributed by atoms with Crippen LogP contribution in [0.3, 0.4) is 0 Å². The molecule has 0 aromatic carbocycles. The predicted molar refractivity (Wildman–Crippen MR) is 65.8 cm³/mol. The van der Waals surface area contributed by atoms with E-state index in [2.05, 4.69) is 10.3 Å². The van der Waals surface area contributed by atoms with E-state index in [1.54, 1.807) is 0 Å². The maximum atomic E-state index is 10.7. The second kappa shape index (κ2) is 5.97. The first-order chi connectivity index (χ1) is 8.25. The summed E-state index contributed by atoms with van der Waals surface area (Å²) in [7, 11) is 0. The second-order valence-electron chi connectivity index (χ2n) is 4.04. The number of aromatic carboxylic acids is 1. The van der Waals surface area contributed by atoms with Gasteiger partial charge in [-0.3, -0.25) is 0 Å². The highest BCUT2D eigenvalue weighted by atomic mass is 32.1. The van der Waals surface area contributed by atoms with E-state index in [4.69, 9.17) is 9.84 Å². The maximum Gasteiger partial charge on any atom is 0.347 e. The second-order valence-corrected chi connectivity index (χ2v) is 5.07. The molecule has 1 aliphatic rings. The first-order valence-electron chi connectivity index (χ1n) is 5.80. The van der Waals surface area contributed by atoms with Crippen LogP contribution < -0.4 is 5.32 Å². The van der Waals surface area contributed by atoms with Gasteiger partial charge in [0, 0.05) is 13.2 Å². The topological polar surface area (TPSA) is 71.5 Å². The van der Waals surface area contributed by atoms with E-state index >= 15 is 0 Å². The molecule has 2 N–H and O–H groups in total. The van der Waals surface area contributed by atoms with Gasteiger partial charge >= 0.3 is 5.97 Å². The van der Waals surface area contributed by atoms with Crippen LogP contribution in [0.1, 0.15) is 35.4 Å². The summed E-state index contributed by atoms with van der Waals surface area (Å²) >= 11 is 1.17. The average molecular weight is 256 g/mol. The third-order valence-electron chi connectivity index (χ3n) is 2.73. The van der Waals surface area contributed by atoms with Gasteiger partial charge in [-0.15, -0.1) is 0 Å². The molecule has 94 valence electrons. The molecule has 1 saturated heterocycles. The van der Waals surface area contributed by atoms with E-state index in [9.17, 15) is 4.79 Å². The van der Waals surface area contributed by atoms with Crippen LogP contribution in [0.4, 0.5) is 5.13 Å².